The molecule has 3 rings (SSSR count). The minimum Gasteiger partial charge on any atom is -0.324 e. The van der Waals surface area contributed by atoms with Crippen LogP contribution in [-0.2, 0) is 19.3 Å². The molecule has 38 heavy (non-hydrogen) atoms. The van der Waals surface area contributed by atoms with Crippen molar-refractivity contribution in [2.45, 2.75) is 115 Å². The molecule has 0 aromatic heterocycles. The summed E-state index contributed by atoms with van der Waals surface area (Å²) in [6.07, 6.45) is 20.7. The quantitative estimate of drug-likeness (QED) is 0.150. The summed E-state index contributed by atoms with van der Waals surface area (Å²) in [5.41, 5.74) is 11.3. The van der Waals surface area contributed by atoms with Gasteiger partial charge in [-0.3, -0.25) is 0 Å². The summed E-state index contributed by atoms with van der Waals surface area (Å²) in [6.45, 7) is 2.30. The van der Waals surface area contributed by atoms with E-state index in [4.69, 9.17) is 5.73 Å². The predicted octanol–water partition coefficient (Wildman–Crippen LogP) is 10.1. The summed E-state index contributed by atoms with van der Waals surface area (Å²) in [5.74, 6) is 0.438. The highest BCUT2D eigenvalue weighted by Crippen LogP contribution is 2.32. The molecule has 0 saturated carbocycles. The molecule has 2 N–H and O–H groups in total. The lowest BCUT2D eigenvalue weighted by Crippen LogP contribution is -2.52. The molecule has 1 nitrogen and oxygen atoms in total. The van der Waals surface area contributed by atoms with Gasteiger partial charge in [-0.1, -0.05) is 175 Å². The van der Waals surface area contributed by atoms with Crippen LogP contribution in [0.4, 0.5) is 0 Å². The highest BCUT2D eigenvalue weighted by molar-refractivity contribution is 5.25. The van der Waals surface area contributed by atoms with Gasteiger partial charge in [0, 0.05) is 5.54 Å². The predicted molar refractivity (Wildman–Crippen MR) is 167 cm³/mol. The molecule has 3 aromatic rings. The average molecular weight is 512 g/mol. The van der Waals surface area contributed by atoms with E-state index in [0.717, 1.165) is 19.3 Å². The molecule has 0 saturated heterocycles. The Kier molecular flexibility index (Phi) is 14.3. The molecular weight excluding hydrogens is 458 g/mol. The van der Waals surface area contributed by atoms with Gasteiger partial charge in [-0.2, -0.15) is 0 Å². The Bertz CT molecular complexity index is 908. The van der Waals surface area contributed by atoms with Gasteiger partial charge in [0.15, 0.2) is 0 Å². The Balaban J connectivity index is 1.58. The number of hydrogen-bond donors (Lipinski definition) is 1. The van der Waals surface area contributed by atoms with Gasteiger partial charge in [0.1, 0.15) is 0 Å². The van der Waals surface area contributed by atoms with E-state index < -0.39 is 0 Å². The topological polar surface area (TPSA) is 26.0 Å². The molecule has 3 aromatic carbocycles. The van der Waals surface area contributed by atoms with E-state index in [1.165, 1.54) is 100 Å². The first-order valence-electron chi connectivity index (χ1n) is 15.6. The van der Waals surface area contributed by atoms with Crippen LogP contribution in [0.25, 0.3) is 0 Å². The van der Waals surface area contributed by atoms with Crippen molar-refractivity contribution >= 4 is 0 Å². The van der Waals surface area contributed by atoms with Crippen LogP contribution >= 0.6 is 0 Å². The van der Waals surface area contributed by atoms with Crippen LogP contribution in [0.1, 0.15) is 107 Å². The molecule has 1 heteroatoms. The number of unbranched alkanes of at least 4 members (excludes halogenated alkanes) is 11. The Hall–Kier alpha value is -2.38. The maximum absolute atomic E-state index is 7.49. The van der Waals surface area contributed by atoms with Crippen molar-refractivity contribution < 1.29 is 0 Å². The fourth-order valence-corrected chi connectivity index (χ4v) is 6.03. The van der Waals surface area contributed by atoms with E-state index in [2.05, 4.69) is 97.9 Å². The smallest absolute Gasteiger partial charge is 0.0267 e. The van der Waals surface area contributed by atoms with Crippen LogP contribution in [0.3, 0.4) is 0 Å². The Morgan fingerprint density at radius 3 is 1.29 bits per heavy atom. The molecule has 206 valence electrons. The van der Waals surface area contributed by atoms with Gasteiger partial charge < -0.3 is 5.73 Å². The normalized spacial score (nSPS) is 12.5. The van der Waals surface area contributed by atoms with E-state index in [1.807, 2.05) is 0 Å². The van der Waals surface area contributed by atoms with Crippen molar-refractivity contribution in [3.8, 4) is 0 Å². The van der Waals surface area contributed by atoms with Crippen molar-refractivity contribution in [1.29, 1.82) is 0 Å². The summed E-state index contributed by atoms with van der Waals surface area (Å²) in [6, 6.07) is 32.8. The Morgan fingerprint density at radius 1 is 0.500 bits per heavy atom. The van der Waals surface area contributed by atoms with Gasteiger partial charge in [0.2, 0.25) is 0 Å². The molecule has 1 unspecified atom stereocenters. The Labute approximate surface area is 234 Å². The van der Waals surface area contributed by atoms with E-state index in [-0.39, 0.29) is 5.54 Å². The summed E-state index contributed by atoms with van der Waals surface area (Å²) >= 11 is 0. The number of nitrogens with two attached hydrogens (primary N) is 1. The highest BCUT2D eigenvalue weighted by Gasteiger charge is 2.35. The lowest BCUT2D eigenvalue weighted by molar-refractivity contribution is 0.241. The van der Waals surface area contributed by atoms with Crippen LogP contribution in [0, 0.1) is 5.92 Å². The first-order valence-corrected chi connectivity index (χ1v) is 15.6. The second kappa shape index (κ2) is 18.0. The lowest BCUT2D eigenvalue weighted by Gasteiger charge is -2.39. The molecule has 0 fully saturated rings. The second-order valence-electron chi connectivity index (χ2n) is 11.6. The van der Waals surface area contributed by atoms with E-state index in [0.29, 0.717) is 5.92 Å². The molecule has 0 aliphatic carbocycles. The van der Waals surface area contributed by atoms with E-state index in [9.17, 15) is 0 Å². The molecule has 0 spiro atoms. The van der Waals surface area contributed by atoms with Crippen LogP contribution in [0.15, 0.2) is 91.0 Å². The average Bonchev–Trinajstić information content (AvgIpc) is 2.94. The minimum absolute atomic E-state index is 0.281. The Morgan fingerprint density at radius 2 is 0.868 bits per heavy atom. The zero-order valence-corrected chi connectivity index (χ0v) is 24.1. The van der Waals surface area contributed by atoms with E-state index in [1.54, 1.807) is 0 Å². The molecule has 0 radical (unpaired) electrons. The summed E-state index contributed by atoms with van der Waals surface area (Å²) in [5, 5.41) is 0. The summed E-state index contributed by atoms with van der Waals surface area (Å²) in [4.78, 5) is 0. The van der Waals surface area contributed by atoms with Gasteiger partial charge in [-0.25, -0.2) is 0 Å². The molecule has 1 atom stereocenters. The van der Waals surface area contributed by atoms with Gasteiger partial charge in [-0.15, -0.1) is 0 Å². The summed E-state index contributed by atoms with van der Waals surface area (Å²) < 4.78 is 0. The third-order valence-electron chi connectivity index (χ3n) is 8.30. The number of hydrogen-bond acceptors (Lipinski definition) is 1. The van der Waals surface area contributed by atoms with E-state index >= 15 is 0 Å². The molecule has 0 bridgehead atoms. The number of benzene rings is 3. The zero-order valence-electron chi connectivity index (χ0n) is 24.1. The highest BCUT2D eigenvalue weighted by atomic mass is 14.8. The summed E-state index contributed by atoms with van der Waals surface area (Å²) in [7, 11) is 0. The zero-order chi connectivity index (χ0) is 26.7. The molecule has 0 aliphatic heterocycles. The van der Waals surface area contributed by atoms with Crippen molar-refractivity contribution in [3.63, 3.8) is 0 Å². The molecule has 0 amide bonds. The van der Waals surface area contributed by atoms with Crippen molar-refractivity contribution in [1.82, 2.24) is 0 Å². The SMILES string of the molecule is CCCCCCCCCCCCCCC(Cc1ccccc1)C(N)(Cc1ccccc1)Cc1ccccc1. The first kappa shape index (κ1) is 30.2. The maximum Gasteiger partial charge on any atom is 0.0267 e. The van der Waals surface area contributed by atoms with Gasteiger partial charge >= 0.3 is 0 Å². The fraction of sp³-hybridized carbons (Fsp3) is 0.514. The third kappa shape index (κ3) is 11.6. The van der Waals surface area contributed by atoms with Crippen LogP contribution in [-0.4, -0.2) is 5.54 Å². The van der Waals surface area contributed by atoms with Gasteiger partial charge in [-0.05, 0) is 48.3 Å². The van der Waals surface area contributed by atoms with Crippen LogP contribution in [0.5, 0.6) is 0 Å². The van der Waals surface area contributed by atoms with Gasteiger partial charge in [0.05, 0.1) is 0 Å². The molecular formula is C37H53N. The maximum atomic E-state index is 7.49. The van der Waals surface area contributed by atoms with Crippen LogP contribution < -0.4 is 5.73 Å². The standard InChI is InChI=1S/C37H53N/c1-2-3-4-5-6-7-8-9-10-11-12-22-29-36(30-33-23-16-13-17-24-33)37(38,31-34-25-18-14-19-26-34)32-35-27-20-15-21-28-35/h13-21,23-28,36H,2-12,22,29-32,38H2,1H3. The number of rotatable bonds is 20. The first-order chi connectivity index (χ1) is 18.7. The van der Waals surface area contributed by atoms with Crippen molar-refractivity contribution in [2.24, 2.45) is 11.7 Å². The minimum atomic E-state index is -0.281. The monoisotopic (exact) mass is 511 g/mol. The fourth-order valence-electron chi connectivity index (χ4n) is 6.03. The van der Waals surface area contributed by atoms with Crippen molar-refractivity contribution in [3.05, 3.63) is 108 Å². The second-order valence-corrected chi connectivity index (χ2v) is 11.6. The molecule has 0 heterocycles. The lowest BCUT2D eigenvalue weighted by atomic mass is 9.71. The third-order valence-corrected chi connectivity index (χ3v) is 8.30. The van der Waals surface area contributed by atoms with Crippen molar-refractivity contribution in [2.75, 3.05) is 0 Å². The van der Waals surface area contributed by atoms with Gasteiger partial charge in [0.25, 0.3) is 0 Å². The van der Waals surface area contributed by atoms with Crippen LogP contribution in [0.2, 0.25) is 0 Å². The molecule has 0 aliphatic rings. The largest absolute Gasteiger partial charge is 0.324 e.